The van der Waals surface area contributed by atoms with E-state index in [0.29, 0.717) is 11.5 Å². The first-order chi connectivity index (χ1) is 16.0. The Kier molecular flexibility index (Phi) is 5.43. The summed E-state index contributed by atoms with van der Waals surface area (Å²) in [7, 11) is 0. The third-order valence-corrected chi connectivity index (χ3v) is 5.57. The fourth-order valence-electron chi connectivity index (χ4n) is 3.89. The molecule has 8 nitrogen and oxygen atoms in total. The van der Waals surface area contributed by atoms with Crippen LogP contribution in [0.2, 0.25) is 0 Å². The van der Waals surface area contributed by atoms with Gasteiger partial charge in [0.05, 0.1) is 5.52 Å². The van der Waals surface area contributed by atoms with E-state index in [-0.39, 0.29) is 28.2 Å². The maximum Gasteiger partial charge on any atom is 0.248 e. The minimum Gasteiger partial charge on any atom is -0.434 e. The lowest BCUT2D eigenvalue weighted by molar-refractivity contribution is 0.428. The van der Waals surface area contributed by atoms with Crippen molar-refractivity contribution in [1.29, 1.82) is 0 Å². The summed E-state index contributed by atoms with van der Waals surface area (Å²) in [4.78, 5) is 13.3. The first-order valence-electron chi connectivity index (χ1n) is 10.6. The number of nitrogens with zero attached hydrogens (tertiary/aromatic N) is 3. The van der Waals surface area contributed by atoms with Gasteiger partial charge in [-0.25, -0.2) is 13.8 Å². The molecule has 3 heterocycles. The van der Waals surface area contributed by atoms with Crippen LogP contribution >= 0.6 is 0 Å². The van der Waals surface area contributed by atoms with Crippen molar-refractivity contribution in [3.8, 4) is 11.6 Å². The molecule has 0 unspecified atom stereocenters. The van der Waals surface area contributed by atoms with Gasteiger partial charge in [0.15, 0.2) is 23.2 Å². The summed E-state index contributed by atoms with van der Waals surface area (Å²) in [6, 6.07) is 10.4. The third kappa shape index (κ3) is 4.12. The van der Waals surface area contributed by atoms with Crippen molar-refractivity contribution in [1.82, 2.24) is 20.3 Å². The van der Waals surface area contributed by atoms with E-state index in [1.165, 1.54) is 12.4 Å². The van der Waals surface area contributed by atoms with E-state index in [2.05, 4.69) is 30.5 Å². The average Bonchev–Trinajstić information content (AvgIpc) is 3.23. The Hall–Kier alpha value is -3.92. The Morgan fingerprint density at radius 3 is 2.61 bits per heavy atom. The van der Waals surface area contributed by atoms with Gasteiger partial charge < -0.3 is 31.0 Å². The molecule has 2 aromatic carbocycles. The molecule has 10 heteroatoms. The van der Waals surface area contributed by atoms with E-state index in [9.17, 15) is 8.78 Å². The number of aromatic amines is 1. The zero-order chi connectivity index (χ0) is 22.9. The van der Waals surface area contributed by atoms with Gasteiger partial charge in [0.1, 0.15) is 12.0 Å². The van der Waals surface area contributed by atoms with E-state index >= 15 is 0 Å². The number of benzene rings is 2. The van der Waals surface area contributed by atoms with Gasteiger partial charge in [0, 0.05) is 54.7 Å². The molecule has 0 spiro atoms. The second-order valence-electron chi connectivity index (χ2n) is 7.86. The number of aryl methyl sites for hydroxylation is 1. The molecule has 0 aliphatic carbocycles. The molecule has 5 rings (SSSR count). The predicted molar refractivity (Wildman–Crippen MR) is 124 cm³/mol. The third-order valence-electron chi connectivity index (χ3n) is 5.57. The molecule has 1 saturated heterocycles. The molecule has 0 saturated carbocycles. The monoisotopic (exact) mass is 451 g/mol. The number of nitrogens with one attached hydrogen (secondary N) is 3. The second-order valence-corrected chi connectivity index (χ2v) is 7.86. The van der Waals surface area contributed by atoms with Crippen LogP contribution in [0.4, 0.5) is 31.7 Å². The number of hydrogen-bond acceptors (Lipinski definition) is 7. The number of hydrogen-bond donors (Lipinski definition) is 4. The number of rotatable bonds is 5. The highest BCUT2D eigenvalue weighted by Gasteiger charge is 2.19. The highest BCUT2D eigenvalue weighted by Crippen LogP contribution is 2.35. The summed E-state index contributed by atoms with van der Waals surface area (Å²) in [6.07, 6.45) is 1.25. The minimum atomic E-state index is -0.702. The number of nitrogens with two attached hydrogens (primary N) is 1. The van der Waals surface area contributed by atoms with E-state index in [1.54, 1.807) is 6.92 Å². The molecule has 33 heavy (non-hydrogen) atoms. The standard InChI is InChI=1S/C23H23F2N7O/c1-13-10-16-19(25)18(11-17(24)21(16)30-13)33-23-20(26)22(28-12-29-23)31-14-2-4-15(5-3-14)32-8-6-27-7-9-32/h2-5,10-12,27,30H,6-9,26H2,1H3,(H,28,29,31). The van der Waals surface area contributed by atoms with E-state index < -0.39 is 11.6 Å². The summed E-state index contributed by atoms with van der Waals surface area (Å²) in [6.45, 7) is 5.55. The van der Waals surface area contributed by atoms with E-state index in [4.69, 9.17) is 10.5 Å². The van der Waals surface area contributed by atoms with Crippen LogP contribution in [0.15, 0.2) is 42.7 Å². The van der Waals surface area contributed by atoms with Gasteiger partial charge in [-0.3, -0.25) is 0 Å². The van der Waals surface area contributed by atoms with Crippen molar-refractivity contribution >= 4 is 33.8 Å². The quantitative estimate of drug-likeness (QED) is 0.363. The largest absolute Gasteiger partial charge is 0.434 e. The van der Waals surface area contributed by atoms with Crippen LogP contribution in [-0.2, 0) is 0 Å². The minimum absolute atomic E-state index is 0.0742. The van der Waals surface area contributed by atoms with Crippen LogP contribution in [0.5, 0.6) is 11.6 Å². The van der Waals surface area contributed by atoms with Crippen molar-refractivity contribution in [3.05, 3.63) is 60.1 Å². The average molecular weight is 451 g/mol. The highest BCUT2D eigenvalue weighted by atomic mass is 19.1. The SMILES string of the molecule is Cc1cc2c(F)c(Oc3ncnc(Nc4ccc(N5CCNCC5)cc4)c3N)cc(F)c2[nH]1. The molecule has 5 N–H and O–H groups in total. The molecule has 0 radical (unpaired) electrons. The normalized spacial score (nSPS) is 14.0. The summed E-state index contributed by atoms with van der Waals surface area (Å²) in [5.74, 6) is -1.42. The Balaban J connectivity index is 1.37. The molecule has 1 aliphatic heterocycles. The van der Waals surface area contributed by atoms with Crippen LogP contribution < -0.4 is 26.0 Å². The topological polar surface area (TPSA) is 104 Å². The van der Waals surface area contributed by atoms with E-state index in [1.807, 2.05) is 24.3 Å². The molecule has 1 aliphatic rings. The van der Waals surface area contributed by atoms with Crippen molar-refractivity contribution in [2.75, 3.05) is 42.1 Å². The van der Waals surface area contributed by atoms with Gasteiger partial charge in [0.2, 0.25) is 5.88 Å². The number of anilines is 4. The van der Waals surface area contributed by atoms with Crippen molar-refractivity contribution < 1.29 is 13.5 Å². The number of H-pyrrole nitrogens is 1. The molecule has 1 fully saturated rings. The van der Waals surface area contributed by atoms with Gasteiger partial charge in [-0.15, -0.1) is 0 Å². The number of ether oxygens (including phenoxy) is 1. The molecular formula is C23H23F2N7O. The van der Waals surface area contributed by atoms with Gasteiger partial charge in [0.25, 0.3) is 0 Å². The number of halogens is 2. The van der Waals surface area contributed by atoms with Crippen molar-refractivity contribution in [3.63, 3.8) is 0 Å². The zero-order valence-corrected chi connectivity index (χ0v) is 18.0. The lowest BCUT2D eigenvalue weighted by Gasteiger charge is -2.29. The molecular weight excluding hydrogens is 428 g/mol. The van der Waals surface area contributed by atoms with Gasteiger partial charge in [-0.2, -0.15) is 4.98 Å². The van der Waals surface area contributed by atoms with Crippen LogP contribution in [-0.4, -0.2) is 41.1 Å². The summed E-state index contributed by atoms with van der Waals surface area (Å²) >= 11 is 0. The van der Waals surface area contributed by atoms with Crippen LogP contribution in [0.3, 0.4) is 0 Å². The number of piperazine rings is 1. The molecule has 2 aromatic heterocycles. The Morgan fingerprint density at radius 2 is 1.85 bits per heavy atom. The number of aromatic nitrogens is 3. The number of fused-ring (bicyclic) bond motifs is 1. The summed E-state index contributed by atoms with van der Waals surface area (Å²) < 4.78 is 34.9. The first-order valence-corrected chi connectivity index (χ1v) is 10.6. The van der Waals surface area contributed by atoms with Gasteiger partial charge >= 0.3 is 0 Å². The summed E-state index contributed by atoms with van der Waals surface area (Å²) in [5.41, 5.74) is 8.88. The Morgan fingerprint density at radius 1 is 1.09 bits per heavy atom. The fraction of sp³-hybridized carbons (Fsp3) is 0.217. The fourth-order valence-corrected chi connectivity index (χ4v) is 3.89. The van der Waals surface area contributed by atoms with Gasteiger partial charge in [-0.05, 0) is 37.3 Å². The lowest BCUT2D eigenvalue weighted by atomic mass is 10.2. The van der Waals surface area contributed by atoms with E-state index in [0.717, 1.165) is 43.6 Å². The first kappa shape index (κ1) is 21.0. The lowest BCUT2D eigenvalue weighted by Crippen LogP contribution is -2.43. The second kappa shape index (κ2) is 8.55. The Bertz CT molecular complexity index is 1300. The molecule has 4 aromatic rings. The van der Waals surface area contributed by atoms with Crippen LogP contribution in [0.25, 0.3) is 10.9 Å². The number of nitrogen functional groups attached to an aromatic ring is 1. The summed E-state index contributed by atoms with van der Waals surface area (Å²) in [5, 5.41) is 6.56. The maximum atomic E-state index is 14.9. The maximum absolute atomic E-state index is 14.9. The van der Waals surface area contributed by atoms with Gasteiger partial charge in [-0.1, -0.05) is 0 Å². The van der Waals surface area contributed by atoms with Crippen LogP contribution in [0.1, 0.15) is 5.69 Å². The van der Waals surface area contributed by atoms with Crippen LogP contribution in [0, 0.1) is 18.6 Å². The zero-order valence-electron chi connectivity index (χ0n) is 18.0. The molecule has 0 bridgehead atoms. The molecule has 170 valence electrons. The van der Waals surface area contributed by atoms with Crippen molar-refractivity contribution in [2.45, 2.75) is 6.92 Å². The predicted octanol–water partition coefficient (Wildman–Crippen LogP) is 4.07. The Labute approximate surface area is 188 Å². The smallest absolute Gasteiger partial charge is 0.248 e. The van der Waals surface area contributed by atoms with Crippen molar-refractivity contribution in [2.24, 2.45) is 0 Å². The molecule has 0 amide bonds. The molecule has 0 atom stereocenters. The highest BCUT2D eigenvalue weighted by molar-refractivity contribution is 5.83.